The summed E-state index contributed by atoms with van der Waals surface area (Å²) in [5, 5.41) is 5.33. The largest absolute Gasteiger partial charge is 0.352 e. The molecule has 1 amide bonds. The highest BCUT2D eigenvalue weighted by molar-refractivity contribution is 7.09. The van der Waals surface area contributed by atoms with Crippen LogP contribution in [0, 0.1) is 6.92 Å². The summed E-state index contributed by atoms with van der Waals surface area (Å²) in [6.45, 7) is 5.00. The maximum atomic E-state index is 12.6. The van der Waals surface area contributed by atoms with E-state index in [0.717, 1.165) is 12.1 Å². The SMILES string of the molecule is CCn1cc(C(=O)NCCc2cccs2)c(=O)c2ccc(C)nc21. The normalized spacial score (nSPS) is 10.9. The van der Waals surface area contributed by atoms with Crippen LogP contribution in [0.5, 0.6) is 0 Å². The second kappa shape index (κ2) is 6.97. The van der Waals surface area contributed by atoms with E-state index in [9.17, 15) is 9.59 Å². The third-order valence-electron chi connectivity index (χ3n) is 3.88. The van der Waals surface area contributed by atoms with Gasteiger partial charge in [0.05, 0.1) is 5.39 Å². The summed E-state index contributed by atoms with van der Waals surface area (Å²) >= 11 is 1.66. The molecule has 3 rings (SSSR count). The number of thiophene rings is 1. The molecule has 0 aromatic carbocycles. The lowest BCUT2D eigenvalue weighted by atomic mass is 10.1. The van der Waals surface area contributed by atoms with E-state index in [0.29, 0.717) is 24.1 Å². The fraction of sp³-hybridized carbons (Fsp3) is 0.278. The third-order valence-corrected chi connectivity index (χ3v) is 4.82. The fourth-order valence-corrected chi connectivity index (χ4v) is 3.32. The van der Waals surface area contributed by atoms with Gasteiger partial charge < -0.3 is 9.88 Å². The molecular weight excluding hydrogens is 322 g/mol. The standard InChI is InChI=1S/C18H19N3O2S/c1-3-21-11-15(16(22)14-7-6-12(2)20-17(14)21)18(23)19-9-8-13-5-4-10-24-13/h4-7,10-11H,3,8-9H2,1-2H3,(H,19,23). The van der Waals surface area contributed by atoms with Gasteiger partial charge in [0.25, 0.3) is 5.91 Å². The van der Waals surface area contributed by atoms with E-state index in [1.54, 1.807) is 29.7 Å². The van der Waals surface area contributed by atoms with Crippen molar-refractivity contribution in [1.82, 2.24) is 14.9 Å². The third kappa shape index (κ3) is 3.23. The fourth-order valence-electron chi connectivity index (χ4n) is 2.61. The van der Waals surface area contributed by atoms with Gasteiger partial charge in [-0.15, -0.1) is 11.3 Å². The number of hydrogen-bond donors (Lipinski definition) is 1. The molecule has 0 aliphatic rings. The van der Waals surface area contributed by atoms with Crippen molar-refractivity contribution in [2.45, 2.75) is 26.8 Å². The van der Waals surface area contributed by atoms with Gasteiger partial charge in [0.1, 0.15) is 11.2 Å². The van der Waals surface area contributed by atoms with E-state index in [2.05, 4.69) is 10.3 Å². The van der Waals surface area contributed by atoms with E-state index < -0.39 is 0 Å². The van der Waals surface area contributed by atoms with Crippen molar-refractivity contribution in [1.29, 1.82) is 0 Å². The van der Waals surface area contributed by atoms with Crippen molar-refractivity contribution in [2.75, 3.05) is 6.54 Å². The molecule has 0 aliphatic heterocycles. The zero-order valence-electron chi connectivity index (χ0n) is 13.7. The van der Waals surface area contributed by atoms with Crippen LogP contribution < -0.4 is 10.7 Å². The number of nitrogens with zero attached hydrogens (tertiary/aromatic N) is 2. The number of rotatable bonds is 5. The van der Waals surface area contributed by atoms with Gasteiger partial charge in [-0.3, -0.25) is 9.59 Å². The second-order valence-corrected chi connectivity index (χ2v) is 6.60. The van der Waals surface area contributed by atoms with Gasteiger partial charge in [-0.25, -0.2) is 4.98 Å². The number of hydrogen-bond acceptors (Lipinski definition) is 4. The highest BCUT2D eigenvalue weighted by atomic mass is 32.1. The Bertz CT molecular complexity index is 929. The first kappa shape index (κ1) is 16.4. The zero-order valence-corrected chi connectivity index (χ0v) is 14.5. The lowest BCUT2D eigenvalue weighted by Gasteiger charge is -2.11. The number of fused-ring (bicyclic) bond motifs is 1. The van der Waals surface area contributed by atoms with Crippen LogP contribution in [0.15, 0.2) is 40.6 Å². The van der Waals surface area contributed by atoms with Crippen molar-refractivity contribution >= 4 is 28.3 Å². The van der Waals surface area contributed by atoms with Crippen molar-refractivity contribution in [3.8, 4) is 0 Å². The smallest absolute Gasteiger partial charge is 0.256 e. The topological polar surface area (TPSA) is 64.0 Å². The Labute approximate surface area is 144 Å². The monoisotopic (exact) mass is 341 g/mol. The first-order chi connectivity index (χ1) is 11.6. The molecule has 6 heteroatoms. The molecule has 0 radical (unpaired) electrons. The maximum absolute atomic E-state index is 12.6. The minimum atomic E-state index is -0.332. The predicted molar refractivity (Wildman–Crippen MR) is 96.8 cm³/mol. The van der Waals surface area contributed by atoms with E-state index in [-0.39, 0.29) is 16.9 Å². The van der Waals surface area contributed by atoms with E-state index >= 15 is 0 Å². The molecule has 0 spiro atoms. The van der Waals surface area contributed by atoms with E-state index in [1.807, 2.05) is 35.9 Å². The Hall–Kier alpha value is -2.47. The van der Waals surface area contributed by atoms with Gasteiger partial charge in [-0.05, 0) is 43.8 Å². The van der Waals surface area contributed by atoms with Crippen molar-refractivity contribution < 1.29 is 4.79 Å². The molecule has 0 saturated carbocycles. The Morgan fingerprint density at radius 2 is 2.17 bits per heavy atom. The first-order valence-corrected chi connectivity index (χ1v) is 8.79. The molecule has 5 nitrogen and oxygen atoms in total. The Morgan fingerprint density at radius 3 is 2.88 bits per heavy atom. The average Bonchev–Trinajstić information content (AvgIpc) is 3.08. The van der Waals surface area contributed by atoms with Crippen LogP contribution in [0.4, 0.5) is 0 Å². The minimum Gasteiger partial charge on any atom is -0.352 e. The number of amides is 1. The molecular formula is C18H19N3O2S. The number of aromatic nitrogens is 2. The van der Waals surface area contributed by atoms with Crippen molar-refractivity contribution in [3.63, 3.8) is 0 Å². The van der Waals surface area contributed by atoms with Crippen LogP contribution in [0.2, 0.25) is 0 Å². The molecule has 0 atom stereocenters. The number of carbonyl (C=O) groups excluding carboxylic acids is 1. The summed E-state index contributed by atoms with van der Waals surface area (Å²) < 4.78 is 1.85. The number of carbonyl (C=O) groups is 1. The highest BCUT2D eigenvalue weighted by Gasteiger charge is 2.15. The lowest BCUT2D eigenvalue weighted by Crippen LogP contribution is -2.31. The molecule has 24 heavy (non-hydrogen) atoms. The van der Waals surface area contributed by atoms with Crippen molar-refractivity contribution in [3.05, 3.63) is 62.2 Å². The van der Waals surface area contributed by atoms with Crippen LogP contribution in [0.1, 0.15) is 27.9 Å². The quantitative estimate of drug-likeness (QED) is 0.776. The van der Waals surface area contributed by atoms with Gasteiger partial charge in [0.15, 0.2) is 0 Å². The number of nitrogens with one attached hydrogen (secondary N) is 1. The molecule has 0 unspecified atom stereocenters. The van der Waals surface area contributed by atoms with Gasteiger partial charge in [-0.2, -0.15) is 0 Å². The van der Waals surface area contributed by atoms with Crippen LogP contribution >= 0.6 is 11.3 Å². The molecule has 0 bridgehead atoms. The Kier molecular flexibility index (Phi) is 4.76. The molecule has 124 valence electrons. The lowest BCUT2D eigenvalue weighted by molar-refractivity contribution is 0.0952. The van der Waals surface area contributed by atoms with Gasteiger partial charge >= 0.3 is 0 Å². The zero-order chi connectivity index (χ0) is 17.1. The molecule has 0 aliphatic carbocycles. The second-order valence-electron chi connectivity index (χ2n) is 5.57. The summed E-state index contributed by atoms with van der Waals surface area (Å²) in [4.78, 5) is 30.7. The summed E-state index contributed by atoms with van der Waals surface area (Å²) in [5.41, 5.74) is 1.37. The van der Waals surface area contributed by atoms with Crippen LogP contribution in [0.3, 0.4) is 0 Å². The Balaban J connectivity index is 1.88. The highest BCUT2D eigenvalue weighted by Crippen LogP contribution is 2.11. The molecule has 1 N–H and O–H groups in total. The first-order valence-electron chi connectivity index (χ1n) is 7.91. The van der Waals surface area contributed by atoms with Crippen LogP contribution in [0.25, 0.3) is 11.0 Å². The molecule has 3 heterocycles. The van der Waals surface area contributed by atoms with Gasteiger partial charge in [0.2, 0.25) is 5.43 Å². The summed E-state index contributed by atoms with van der Waals surface area (Å²) in [5.74, 6) is -0.332. The van der Waals surface area contributed by atoms with E-state index in [1.165, 1.54) is 4.88 Å². The molecule has 0 saturated heterocycles. The number of aryl methyl sites for hydroxylation is 2. The minimum absolute atomic E-state index is 0.168. The number of pyridine rings is 2. The molecule has 3 aromatic heterocycles. The summed E-state index contributed by atoms with van der Waals surface area (Å²) in [6, 6.07) is 7.56. The average molecular weight is 341 g/mol. The summed E-state index contributed by atoms with van der Waals surface area (Å²) in [7, 11) is 0. The van der Waals surface area contributed by atoms with Gasteiger partial charge in [0, 0.05) is 29.9 Å². The summed E-state index contributed by atoms with van der Waals surface area (Å²) in [6.07, 6.45) is 2.37. The van der Waals surface area contributed by atoms with Crippen LogP contribution in [-0.2, 0) is 13.0 Å². The maximum Gasteiger partial charge on any atom is 0.256 e. The Morgan fingerprint density at radius 1 is 1.33 bits per heavy atom. The predicted octanol–water partition coefficient (Wildman–Crippen LogP) is 2.76. The molecule has 0 fully saturated rings. The van der Waals surface area contributed by atoms with Crippen LogP contribution in [-0.4, -0.2) is 22.0 Å². The van der Waals surface area contributed by atoms with Crippen molar-refractivity contribution in [2.24, 2.45) is 0 Å². The van der Waals surface area contributed by atoms with Gasteiger partial charge in [-0.1, -0.05) is 6.07 Å². The molecule has 3 aromatic rings. The van der Waals surface area contributed by atoms with E-state index in [4.69, 9.17) is 0 Å².